The summed E-state index contributed by atoms with van der Waals surface area (Å²) in [5.41, 5.74) is 1.23. The molecule has 0 saturated carbocycles. The summed E-state index contributed by atoms with van der Waals surface area (Å²) in [5, 5.41) is 8.78. The summed E-state index contributed by atoms with van der Waals surface area (Å²) in [6.45, 7) is 2.70. The first-order valence-electron chi connectivity index (χ1n) is 11.3. The van der Waals surface area contributed by atoms with Crippen molar-refractivity contribution in [3.63, 3.8) is 0 Å². The largest absolute Gasteiger partial charge is 0.454 e. The Morgan fingerprint density at radius 2 is 2.00 bits per heavy atom. The Labute approximate surface area is 207 Å². The second kappa shape index (κ2) is 9.84. The zero-order valence-electron chi connectivity index (χ0n) is 19.1. The molecule has 3 aromatic rings. The zero-order chi connectivity index (χ0) is 24.4. The van der Waals surface area contributed by atoms with Gasteiger partial charge in [-0.1, -0.05) is 17.3 Å². The molecule has 2 aliphatic rings. The highest BCUT2D eigenvalue weighted by Crippen LogP contribution is 2.33. The van der Waals surface area contributed by atoms with Crippen LogP contribution in [0.3, 0.4) is 0 Å². The van der Waals surface area contributed by atoms with Gasteiger partial charge in [0.1, 0.15) is 5.69 Å². The molecule has 11 heteroatoms. The number of aryl methyl sites for hydroxylation is 1. The van der Waals surface area contributed by atoms with Crippen molar-refractivity contribution in [2.45, 2.75) is 31.2 Å². The maximum absolute atomic E-state index is 13.4. The summed E-state index contributed by atoms with van der Waals surface area (Å²) in [7, 11) is -3.81. The lowest BCUT2D eigenvalue weighted by molar-refractivity contribution is -0.126. The standard InChI is InChI=1S/C24H25N3O6S2/c1-16-23(21(33-26-16)7-5-19-3-2-12-34-19)35(29,30)27-10-8-18(9-11-27)24(28)25-14-17-4-6-20-22(13-17)32-15-31-20/h2-7,12-13,18H,8-11,14-15H2,1H3,(H,25,28)/b7-5+. The quantitative estimate of drug-likeness (QED) is 0.511. The average molecular weight is 516 g/mol. The molecule has 0 atom stereocenters. The van der Waals surface area contributed by atoms with Crippen LogP contribution in [0.4, 0.5) is 0 Å². The number of carbonyl (C=O) groups is 1. The highest BCUT2D eigenvalue weighted by atomic mass is 32.2. The van der Waals surface area contributed by atoms with Crippen LogP contribution in [0, 0.1) is 12.8 Å². The number of benzene rings is 1. The average Bonchev–Trinajstić information content (AvgIpc) is 3.62. The van der Waals surface area contributed by atoms with Crippen molar-refractivity contribution in [3.05, 3.63) is 57.6 Å². The van der Waals surface area contributed by atoms with E-state index in [-0.39, 0.29) is 42.4 Å². The molecule has 0 aliphatic carbocycles. The minimum atomic E-state index is -3.81. The van der Waals surface area contributed by atoms with Crippen molar-refractivity contribution in [1.82, 2.24) is 14.8 Å². The molecule has 4 heterocycles. The molecule has 1 aromatic carbocycles. The molecule has 1 amide bonds. The number of hydrogen-bond donors (Lipinski definition) is 1. The topological polar surface area (TPSA) is 111 Å². The Bertz CT molecular complexity index is 1340. The number of nitrogens with one attached hydrogen (secondary N) is 1. The summed E-state index contributed by atoms with van der Waals surface area (Å²) in [6, 6.07) is 9.41. The van der Waals surface area contributed by atoms with Gasteiger partial charge in [-0.15, -0.1) is 11.3 Å². The number of aromatic nitrogens is 1. The molecule has 9 nitrogen and oxygen atoms in total. The second-order valence-electron chi connectivity index (χ2n) is 8.39. The van der Waals surface area contributed by atoms with Crippen LogP contribution in [0.15, 0.2) is 45.1 Å². The van der Waals surface area contributed by atoms with Crippen molar-refractivity contribution < 1.29 is 27.2 Å². The molecular formula is C24H25N3O6S2. The molecule has 1 fully saturated rings. The van der Waals surface area contributed by atoms with Gasteiger partial charge in [0.25, 0.3) is 0 Å². The number of nitrogens with zero attached hydrogens (tertiary/aromatic N) is 2. The molecule has 5 rings (SSSR count). The summed E-state index contributed by atoms with van der Waals surface area (Å²) in [4.78, 5) is 13.8. The Hall–Kier alpha value is -3.15. The SMILES string of the molecule is Cc1noc(/C=C/c2cccs2)c1S(=O)(=O)N1CCC(C(=O)NCc2ccc3c(c2)OCO3)CC1. The third-order valence-corrected chi connectivity index (χ3v) is 9.00. The molecular weight excluding hydrogens is 490 g/mol. The zero-order valence-corrected chi connectivity index (χ0v) is 20.7. The maximum atomic E-state index is 13.4. The molecule has 2 aliphatic heterocycles. The highest BCUT2D eigenvalue weighted by Gasteiger charge is 2.35. The van der Waals surface area contributed by atoms with Crippen molar-refractivity contribution in [2.75, 3.05) is 19.9 Å². The predicted octanol–water partition coefficient (Wildman–Crippen LogP) is 3.66. The van der Waals surface area contributed by atoms with E-state index in [1.165, 1.54) is 4.31 Å². The van der Waals surface area contributed by atoms with Gasteiger partial charge in [0.2, 0.25) is 22.7 Å². The minimum absolute atomic E-state index is 0.0796. The highest BCUT2D eigenvalue weighted by molar-refractivity contribution is 7.89. The predicted molar refractivity (Wildman–Crippen MR) is 130 cm³/mol. The lowest BCUT2D eigenvalue weighted by atomic mass is 9.97. The van der Waals surface area contributed by atoms with E-state index in [0.717, 1.165) is 10.4 Å². The molecule has 0 radical (unpaired) electrons. The van der Waals surface area contributed by atoms with Gasteiger partial charge >= 0.3 is 0 Å². The fourth-order valence-electron chi connectivity index (χ4n) is 4.21. The fraction of sp³-hybridized carbons (Fsp3) is 0.333. The first-order chi connectivity index (χ1) is 16.9. The van der Waals surface area contributed by atoms with E-state index in [1.54, 1.807) is 30.4 Å². The van der Waals surface area contributed by atoms with E-state index in [0.29, 0.717) is 36.6 Å². The van der Waals surface area contributed by atoms with Crippen LogP contribution in [0.1, 0.15) is 34.7 Å². The van der Waals surface area contributed by atoms with Gasteiger partial charge < -0.3 is 19.3 Å². The first kappa shape index (κ1) is 23.6. The minimum Gasteiger partial charge on any atom is -0.454 e. The second-order valence-corrected chi connectivity index (χ2v) is 11.2. The van der Waals surface area contributed by atoms with E-state index in [1.807, 2.05) is 35.7 Å². The van der Waals surface area contributed by atoms with E-state index in [9.17, 15) is 13.2 Å². The number of carbonyl (C=O) groups excluding carboxylic acids is 1. The van der Waals surface area contributed by atoms with Crippen LogP contribution in [0.5, 0.6) is 11.5 Å². The Balaban J connectivity index is 1.20. The van der Waals surface area contributed by atoms with Gasteiger partial charge in [0.15, 0.2) is 22.2 Å². The van der Waals surface area contributed by atoms with E-state index >= 15 is 0 Å². The third-order valence-electron chi connectivity index (χ3n) is 6.10. The number of fused-ring (bicyclic) bond motifs is 1. The summed E-state index contributed by atoms with van der Waals surface area (Å²) >= 11 is 1.54. The van der Waals surface area contributed by atoms with Crippen LogP contribution in [-0.4, -0.2) is 43.7 Å². The van der Waals surface area contributed by atoms with Gasteiger partial charge in [-0.2, -0.15) is 4.31 Å². The number of piperidine rings is 1. The van der Waals surface area contributed by atoms with E-state index in [4.69, 9.17) is 14.0 Å². The number of amides is 1. The number of hydrogen-bond acceptors (Lipinski definition) is 8. The lowest BCUT2D eigenvalue weighted by Crippen LogP contribution is -2.43. The van der Waals surface area contributed by atoms with Crippen LogP contribution in [-0.2, 0) is 21.4 Å². The number of thiophene rings is 1. The first-order valence-corrected chi connectivity index (χ1v) is 13.6. The smallest absolute Gasteiger partial charge is 0.248 e. The van der Waals surface area contributed by atoms with Gasteiger partial charge in [-0.3, -0.25) is 4.79 Å². The van der Waals surface area contributed by atoms with E-state index < -0.39 is 10.0 Å². The number of sulfonamides is 1. The van der Waals surface area contributed by atoms with Crippen molar-refractivity contribution in [1.29, 1.82) is 0 Å². The molecule has 1 saturated heterocycles. The summed E-state index contributed by atoms with van der Waals surface area (Å²) in [6.07, 6.45) is 4.32. The molecule has 2 aromatic heterocycles. The lowest BCUT2D eigenvalue weighted by Gasteiger charge is -2.30. The number of rotatable bonds is 7. The van der Waals surface area contributed by atoms with E-state index in [2.05, 4.69) is 10.5 Å². The Morgan fingerprint density at radius 3 is 2.77 bits per heavy atom. The summed E-state index contributed by atoms with van der Waals surface area (Å²) < 4.78 is 44.2. The van der Waals surface area contributed by atoms with Crippen molar-refractivity contribution in [3.8, 4) is 11.5 Å². The van der Waals surface area contributed by atoms with Crippen molar-refractivity contribution in [2.24, 2.45) is 5.92 Å². The van der Waals surface area contributed by atoms with Crippen LogP contribution < -0.4 is 14.8 Å². The normalized spacial score (nSPS) is 16.7. The van der Waals surface area contributed by atoms with Gasteiger partial charge in [-0.25, -0.2) is 8.42 Å². The van der Waals surface area contributed by atoms with Gasteiger partial charge in [0.05, 0.1) is 0 Å². The third kappa shape index (κ3) is 4.97. The molecule has 1 N–H and O–H groups in total. The van der Waals surface area contributed by atoms with Crippen LogP contribution in [0.2, 0.25) is 0 Å². The van der Waals surface area contributed by atoms with Crippen LogP contribution in [0.25, 0.3) is 12.2 Å². The fourth-order valence-corrected chi connectivity index (χ4v) is 6.55. The molecule has 0 unspecified atom stereocenters. The maximum Gasteiger partial charge on any atom is 0.248 e. The Kier molecular flexibility index (Phi) is 6.63. The van der Waals surface area contributed by atoms with Crippen LogP contribution >= 0.6 is 11.3 Å². The summed E-state index contributed by atoms with van der Waals surface area (Å²) in [5.74, 6) is 1.24. The number of ether oxygens (including phenoxy) is 2. The monoisotopic (exact) mass is 515 g/mol. The molecule has 0 bridgehead atoms. The molecule has 184 valence electrons. The van der Waals surface area contributed by atoms with Gasteiger partial charge in [-0.05, 0) is 61.1 Å². The van der Waals surface area contributed by atoms with Gasteiger partial charge in [0, 0.05) is 30.4 Å². The molecule has 35 heavy (non-hydrogen) atoms. The Morgan fingerprint density at radius 1 is 1.20 bits per heavy atom. The molecule has 0 spiro atoms. The van der Waals surface area contributed by atoms with Crippen molar-refractivity contribution >= 4 is 39.4 Å².